The molecule has 1 fully saturated rings. The number of halogens is 1. The average molecular weight is 520 g/mol. The first-order valence-electron chi connectivity index (χ1n) is 11.6. The Bertz CT molecular complexity index is 1340. The molecule has 2 unspecified atom stereocenters. The maximum absolute atomic E-state index is 12.7. The first-order valence-corrected chi connectivity index (χ1v) is 12.4. The van der Waals surface area contributed by atoms with Gasteiger partial charge in [-0.3, -0.25) is 14.6 Å². The molecule has 1 saturated carbocycles. The number of nitrogens with zero attached hydrogens (tertiary/aromatic N) is 3. The minimum atomic E-state index is -0.0977. The molecule has 3 aromatic heterocycles. The Hall–Kier alpha value is -3.26. The molecule has 2 N–H and O–H groups in total. The van der Waals surface area contributed by atoms with Crippen molar-refractivity contribution in [3.05, 3.63) is 70.6 Å². The number of imidazole rings is 1. The highest BCUT2D eigenvalue weighted by atomic mass is 79.9. The molecule has 0 saturated heterocycles. The van der Waals surface area contributed by atoms with E-state index < -0.39 is 0 Å². The van der Waals surface area contributed by atoms with E-state index in [-0.39, 0.29) is 23.8 Å². The van der Waals surface area contributed by atoms with Crippen LogP contribution in [-0.2, 0) is 0 Å². The number of amides is 1. The topological polar surface area (TPSA) is 92.7 Å². The van der Waals surface area contributed by atoms with Crippen molar-refractivity contribution in [2.24, 2.45) is 0 Å². The normalized spacial score (nSPS) is 18.2. The van der Waals surface area contributed by atoms with Crippen LogP contribution >= 0.6 is 15.9 Å². The first-order chi connectivity index (χ1) is 16.5. The van der Waals surface area contributed by atoms with Gasteiger partial charge < -0.3 is 14.9 Å². The Morgan fingerprint density at radius 1 is 1.21 bits per heavy atom. The summed E-state index contributed by atoms with van der Waals surface area (Å²) in [5.41, 5.74) is 3.80. The molecule has 8 heteroatoms. The molecule has 0 aliphatic heterocycles. The number of carbonyl (C=O) groups excluding carboxylic acids is 2. The quantitative estimate of drug-likeness (QED) is 0.319. The van der Waals surface area contributed by atoms with Crippen LogP contribution in [0.2, 0.25) is 0 Å². The number of aromatic amines is 1. The number of pyridine rings is 1. The molecular weight excluding hydrogens is 494 g/mol. The van der Waals surface area contributed by atoms with Gasteiger partial charge >= 0.3 is 0 Å². The van der Waals surface area contributed by atoms with Crippen molar-refractivity contribution in [3.63, 3.8) is 0 Å². The van der Waals surface area contributed by atoms with Gasteiger partial charge in [-0.2, -0.15) is 0 Å². The lowest BCUT2D eigenvalue weighted by Gasteiger charge is -2.31. The number of aromatic nitrogens is 4. The summed E-state index contributed by atoms with van der Waals surface area (Å²) in [6.07, 6.45) is 7.70. The molecule has 174 valence electrons. The van der Waals surface area contributed by atoms with Crippen molar-refractivity contribution < 1.29 is 9.59 Å². The van der Waals surface area contributed by atoms with Crippen molar-refractivity contribution in [2.45, 2.75) is 51.1 Å². The van der Waals surface area contributed by atoms with Gasteiger partial charge in [0.1, 0.15) is 11.4 Å². The summed E-state index contributed by atoms with van der Waals surface area (Å²) in [4.78, 5) is 37.5. The number of nitrogens with one attached hydrogen (secondary N) is 2. The maximum Gasteiger partial charge on any atom is 0.267 e. The standard InChI is InChI=1S/C26H26BrN5O2/c1-2-24(33)16-9-10-23-21(12-16)31-25(20-8-3-4-11-28-20)32(23)19-7-5-6-18(14-19)30-26(34)22-13-17(27)15-29-22/h3-4,8-13,15,18-19,29H,2,5-7,14H2,1H3,(H,30,34). The number of Topliss-reactive ketones (excluding diaryl/α,β-unsaturated/α-hetero) is 1. The SMILES string of the molecule is CCC(=O)c1ccc2c(c1)nc(-c1ccccn1)n2C1CCCC(NC(=O)c2cc(Br)c[nH]2)C1. The fraction of sp³-hybridized carbons (Fsp3) is 0.308. The minimum absolute atomic E-state index is 0.0586. The molecule has 1 aliphatic carbocycles. The molecule has 0 bridgehead atoms. The summed E-state index contributed by atoms with van der Waals surface area (Å²) >= 11 is 3.38. The zero-order valence-electron chi connectivity index (χ0n) is 18.9. The maximum atomic E-state index is 12.7. The van der Waals surface area contributed by atoms with Crippen molar-refractivity contribution in [1.82, 2.24) is 24.8 Å². The zero-order valence-corrected chi connectivity index (χ0v) is 20.5. The van der Waals surface area contributed by atoms with E-state index in [1.54, 1.807) is 18.5 Å². The first kappa shape index (κ1) is 22.5. The molecule has 1 aromatic carbocycles. The predicted octanol–water partition coefficient (Wildman–Crippen LogP) is 5.70. The highest BCUT2D eigenvalue weighted by Gasteiger charge is 2.29. The zero-order chi connectivity index (χ0) is 23.7. The number of ketones is 1. The molecule has 4 aromatic rings. The Morgan fingerprint density at radius 2 is 2.09 bits per heavy atom. The predicted molar refractivity (Wildman–Crippen MR) is 135 cm³/mol. The van der Waals surface area contributed by atoms with Crippen LogP contribution in [0.5, 0.6) is 0 Å². The second-order valence-electron chi connectivity index (χ2n) is 8.72. The largest absolute Gasteiger partial charge is 0.356 e. The van der Waals surface area contributed by atoms with Gasteiger partial charge in [-0.15, -0.1) is 0 Å². The fourth-order valence-electron chi connectivity index (χ4n) is 4.81. The lowest BCUT2D eigenvalue weighted by atomic mass is 9.90. The van der Waals surface area contributed by atoms with E-state index in [0.29, 0.717) is 17.7 Å². The van der Waals surface area contributed by atoms with E-state index in [2.05, 4.69) is 35.8 Å². The monoisotopic (exact) mass is 519 g/mol. The van der Waals surface area contributed by atoms with Crippen LogP contribution in [0.3, 0.4) is 0 Å². The Kier molecular flexibility index (Phi) is 6.32. The summed E-state index contributed by atoms with van der Waals surface area (Å²) in [7, 11) is 0. The number of carbonyl (C=O) groups is 2. The highest BCUT2D eigenvalue weighted by molar-refractivity contribution is 9.10. The minimum Gasteiger partial charge on any atom is -0.356 e. The molecule has 7 nitrogen and oxygen atoms in total. The van der Waals surface area contributed by atoms with Gasteiger partial charge in [0.25, 0.3) is 5.91 Å². The van der Waals surface area contributed by atoms with Gasteiger partial charge in [0, 0.05) is 40.9 Å². The number of fused-ring (bicyclic) bond motifs is 1. The second-order valence-corrected chi connectivity index (χ2v) is 9.64. The van der Waals surface area contributed by atoms with E-state index >= 15 is 0 Å². The van der Waals surface area contributed by atoms with Crippen molar-refractivity contribution in [1.29, 1.82) is 0 Å². The molecule has 1 aliphatic rings. The number of hydrogen-bond acceptors (Lipinski definition) is 4. The third-order valence-electron chi connectivity index (χ3n) is 6.47. The molecular formula is C26H26BrN5O2. The van der Waals surface area contributed by atoms with Crippen molar-refractivity contribution in [3.8, 4) is 11.5 Å². The Labute approximate surface area is 206 Å². The third kappa shape index (κ3) is 4.42. The van der Waals surface area contributed by atoms with Crippen molar-refractivity contribution >= 4 is 38.7 Å². The summed E-state index contributed by atoms with van der Waals surface area (Å²) in [6, 6.07) is 13.6. The summed E-state index contributed by atoms with van der Waals surface area (Å²) in [5.74, 6) is 0.800. The van der Waals surface area contributed by atoms with Crippen LogP contribution in [0.15, 0.2) is 59.3 Å². The van der Waals surface area contributed by atoms with E-state index in [9.17, 15) is 9.59 Å². The lowest BCUT2D eigenvalue weighted by molar-refractivity contribution is 0.0915. The van der Waals surface area contributed by atoms with E-state index in [0.717, 1.165) is 52.7 Å². The van der Waals surface area contributed by atoms with Gasteiger partial charge in [-0.25, -0.2) is 4.98 Å². The van der Waals surface area contributed by atoms with E-state index in [4.69, 9.17) is 4.98 Å². The van der Waals surface area contributed by atoms with Crippen LogP contribution < -0.4 is 5.32 Å². The fourth-order valence-corrected chi connectivity index (χ4v) is 5.16. The van der Waals surface area contributed by atoms with Gasteiger partial charge in [0.15, 0.2) is 11.6 Å². The number of rotatable bonds is 6. The molecule has 3 heterocycles. The number of hydrogen-bond donors (Lipinski definition) is 2. The van der Waals surface area contributed by atoms with Crippen LogP contribution in [-0.4, -0.2) is 37.3 Å². The number of H-pyrrole nitrogens is 1. The second kappa shape index (κ2) is 9.54. The average Bonchev–Trinajstić information content (AvgIpc) is 3.47. The van der Waals surface area contributed by atoms with Gasteiger partial charge in [-0.05, 0) is 78.0 Å². The van der Waals surface area contributed by atoms with Crippen LogP contribution in [0.4, 0.5) is 0 Å². The summed E-state index contributed by atoms with van der Waals surface area (Å²) in [6.45, 7) is 1.87. The van der Waals surface area contributed by atoms with Gasteiger partial charge in [0.2, 0.25) is 0 Å². The van der Waals surface area contributed by atoms with Crippen LogP contribution in [0.25, 0.3) is 22.6 Å². The molecule has 34 heavy (non-hydrogen) atoms. The van der Waals surface area contributed by atoms with Gasteiger partial charge in [0.05, 0.1) is 11.0 Å². The van der Waals surface area contributed by atoms with Crippen LogP contribution in [0, 0.1) is 0 Å². The molecule has 2 atom stereocenters. The molecule has 5 rings (SSSR count). The van der Waals surface area contributed by atoms with Gasteiger partial charge in [-0.1, -0.05) is 13.0 Å². The third-order valence-corrected chi connectivity index (χ3v) is 6.92. The van der Waals surface area contributed by atoms with E-state index in [1.807, 2.05) is 43.3 Å². The summed E-state index contributed by atoms with van der Waals surface area (Å²) in [5, 5.41) is 3.19. The lowest BCUT2D eigenvalue weighted by Crippen LogP contribution is -2.39. The highest BCUT2D eigenvalue weighted by Crippen LogP contribution is 2.36. The summed E-state index contributed by atoms with van der Waals surface area (Å²) < 4.78 is 3.10. The van der Waals surface area contributed by atoms with Crippen LogP contribution in [0.1, 0.15) is 65.9 Å². The Balaban J connectivity index is 1.49. The Morgan fingerprint density at radius 3 is 2.82 bits per heavy atom. The number of benzene rings is 1. The smallest absolute Gasteiger partial charge is 0.267 e. The molecule has 1 amide bonds. The molecule has 0 radical (unpaired) electrons. The molecule has 0 spiro atoms. The van der Waals surface area contributed by atoms with E-state index in [1.165, 1.54) is 0 Å². The van der Waals surface area contributed by atoms with Crippen molar-refractivity contribution in [2.75, 3.05) is 0 Å².